The summed E-state index contributed by atoms with van der Waals surface area (Å²) in [4.78, 5) is 23.3. The fourth-order valence-electron chi connectivity index (χ4n) is 4.29. The van der Waals surface area contributed by atoms with Crippen LogP contribution in [-0.4, -0.2) is 14.5 Å². The predicted molar refractivity (Wildman–Crippen MR) is 115 cm³/mol. The Morgan fingerprint density at radius 3 is 2.38 bits per heavy atom. The van der Waals surface area contributed by atoms with Crippen LogP contribution in [0.25, 0.3) is 33.3 Å². The van der Waals surface area contributed by atoms with Crippen LogP contribution in [0.5, 0.6) is 0 Å². The Balaban J connectivity index is 1.76. The Morgan fingerprint density at radius 2 is 1.55 bits per heavy atom. The highest BCUT2D eigenvalue weighted by atomic mass is 16.1. The molecule has 0 spiro atoms. The van der Waals surface area contributed by atoms with Crippen LogP contribution in [0.4, 0.5) is 0 Å². The predicted octanol–water partition coefficient (Wildman–Crippen LogP) is 4.87. The summed E-state index contributed by atoms with van der Waals surface area (Å²) in [5.41, 5.74) is 5.64. The van der Waals surface area contributed by atoms with Crippen LogP contribution in [0.2, 0.25) is 0 Å². The van der Waals surface area contributed by atoms with E-state index in [-0.39, 0.29) is 11.6 Å². The molecule has 0 radical (unpaired) electrons. The molecule has 3 heterocycles. The lowest BCUT2D eigenvalue weighted by molar-refractivity contribution is 0.684. The van der Waals surface area contributed by atoms with Crippen molar-refractivity contribution in [3.05, 3.63) is 106 Å². The molecule has 0 N–H and O–H groups in total. The number of hydrogen-bond acceptors (Lipinski definition) is 3. The zero-order chi connectivity index (χ0) is 19.5. The van der Waals surface area contributed by atoms with Gasteiger partial charge in [0, 0.05) is 10.9 Å². The SMILES string of the molecule is Cc1ccc(C2c3cc4ccccc4nc3-c3nc4ccccc4c(=O)n32)cc1. The minimum Gasteiger partial charge on any atom is -0.279 e. The van der Waals surface area contributed by atoms with E-state index in [2.05, 4.69) is 43.3 Å². The van der Waals surface area contributed by atoms with Crippen molar-refractivity contribution in [3.8, 4) is 11.5 Å². The number of nitrogens with zero attached hydrogens (tertiary/aromatic N) is 3. The van der Waals surface area contributed by atoms with Gasteiger partial charge in [0.25, 0.3) is 5.56 Å². The van der Waals surface area contributed by atoms with Crippen LogP contribution in [0.15, 0.2) is 83.7 Å². The van der Waals surface area contributed by atoms with Gasteiger partial charge in [-0.3, -0.25) is 9.36 Å². The van der Waals surface area contributed by atoms with Gasteiger partial charge in [-0.2, -0.15) is 0 Å². The van der Waals surface area contributed by atoms with Crippen molar-refractivity contribution in [3.63, 3.8) is 0 Å². The Hall–Kier alpha value is -3.79. The van der Waals surface area contributed by atoms with E-state index in [9.17, 15) is 4.79 Å². The van der Waals surface area contributed by atoms with Gasteiger partial charge in [-0.25, -0.2) is 9.97 Å². The largest absolute Gasteiger partial charge is 0.279 e. The van der Waals surface area contributed by atoms with Gasteiger partial charge in [-0.05, 0) is 36.8 Å². The lowest BCUT2D eigenvalue weighted by Crippen LogP contribution is -2.25. The molecule has 0 saturated heterocycles. The normalized spacial score (nSPS) is 14.9. The first-order valence-corrected chi connectivity index (χ1v) is 9.68. The van der Waals surface area contributed by atoms with Gasteiger partial charge in [-0.1, -0.05) is 60.2 Å². The van der Waals surface area contributed by atoms with Crippen LogP contribution >= 0.6 is 0 Å². The average molecular weight is 375 g/mol. The Bertz CT molecular complexity index is 1480. The number of fused-ring (bicyclic) bond motifs is 5. The fourth-order valence-corrected chi connectivity index (χ4v) is 4.29. The second-order valence-corrected chi connectivity index (χ2v) is 7.56. The van der Waals surface area contributed by atoms with Gasteiger partial charge in [0.05, 0.1) is 22.5 Å². The molecular weight excluding hydrogens is 358 g/mol. The molecule has 1 aliphatic rings. The molecule has 3 aromatic carbocycles. The molecule has 0 bridgehead atoms. The van der Waals surface area contributed by atoms with E-state index in [4.69, 9.17) is 9.97 Å². The van der Waals surface area contributed by atoms with Gasteiger partial charge in [0.2, 0.25) is 0 Å². The standard InChI is InChI=1S/C25H17N3O/c1-15-10-12-16(13-11-15)23-19-14-17-6-2-4-8-20(17)26-22(19)24-27-21-9-5-3-7-18(21)25(29)28(23)24/h2-14,23H,1H3. The number of hydrogen-bond donors (Lipinski definition) is 0. The first-order chi connectivity index (χ1) is 14.2. The minimum atomic E-state index is -0.234. The second kappa shape index (κ2) is 5.85. The summed E-state index contributed by atoms with van der Waals surface area (Å²) in [5, 5.41) is 1.69. The van der Waals surface area contributed by atoms with Gasteiger partial charge < -0.3 is 0 Å². The molecule has 138 valence electrons. The first-order valence-electron chi connectivity index (χ1n) is 9.68. The molecule has 0 fully saturated rings. The van der Waals surface area contributed by atoms with Crippen LogP contribution in [0.1, 0.15) is 22.7 Å². The monoisotopic (exact) mass is 375 g/mol. The maximum atomic E-state index is 13.5. The van der Waals surface area contributed by atoms with Crippen LogP contribution in [-0.2, 0) is 0 Å². The van der Waals surface area contributed by atoms with Gasteiger partial charge in [0.1, 0.15) is 5.69 Å². The number of aryl methyl sites for hydroxylation is 1. The minimum absolute atomic E-state index is 0.0294. The fraction of sp³-hybridized carbons (Fsp3) is 0.0800. The third-order valence-corrected chi connectivity index (χ3v) is 5.72. The van der Waals surface area contributed by atoms with Crippen LogP contribution < -0.4 is 5.56 Å². The quantitative estimate of drug-likeness (QED) is 0.412. The summed E-state index contributed by atoms with van der Waals surface area (Å²) in [7, 11) is 0. The van der Waals surface area contributed by atoms with E-state index in [1.54, 1.807) is 0 Å². The number of para-hydroxylation sites is 2. The maximum absolute atomic E-state index is 13.5. The van der Waals surface area contributed by atoms with E-state index in [1.165, 1.54) is 5.56 Å². The Morgan fingerprint density at radius 1 is 0.828 bits per heavy atom. The molecule has 5 aromatic rings. The smallest absolute Gasteiger partial charge is 0.262 e. The number of rotatable bonds is 1. The van der Waals surface area contributed by atoms with Crippen molar-refractivity contribution >= 4 is 21.8 Å². The maximum Gasteiger partial charge on any atom is 0.262 e. The molecule has 1 atom stereocenters. The van der Waals surface area contributed by atoms with Crippen LogP contribution in [0.3, 0.4) is 0 Å². The van der Waals surface area contributed by atoms with Gasteiger partial charge >= 0.3 is 0 Å². The summed E-state index contributed by atoms with van der Waals surface area (Å²) < 4.78 is 1.81. The van der Waals surface area contributed by atoms with E-state index in [0.717, 1.165) is 27.7 Å². The van der Waals surface area contributed by atoms with E-state index >= 15 is 0 Å². The van der Waals surface area contributed by atoms with E-state index in [1.807, 2.05) is 47.0 Å². The number of benzene rings is 3. The highest BCUT2D eigenvalue weighted by Crippen LogP contribution is 2.41. The van der Waals surface area contributed by atoms with Crippen LogP contribution in [0, 0.1) is 6.92 Å². The summed E-state index contributed by atoms with van der Waals surface area (Å²) in [6.07, 6.45) is 0. The summed E-state index contributed by atoms with van der Waals surface area (Å²) in [6, 6.07) is 25.8. The third kappa shape index (κ3) is 2.29. The molecule has 6 rings (SSSR count). The summed E-state index contributed by atoms with van der Waals surface area (Å²) in [6.45, 7) is 2.07. The Kier molecular flexibility index (Phi) is 3.27. The lowest BCUT2D eigenvalue weighted by Gasteiger charge is -2.17. The first kappa shape index (κ1) is 16.2. The second-order valence-electron chi connectivity index (χ2n) is 7.56. The van der Waals surface area contributed by atoms with Crippen molar-refractivity contribution in [1.29, 1.82) is 0 Å². The highest BCUT2D eigenvalue weighted by molar-refractivity contribution is 5.86. The molecule has 0 saturated carbocycles. The Labute approximate surface area is 167 Å². The third-order valence-electron chi connectivity index (χ3n) is 5.72. The van der Waals surface area contributed by atoms with E-state index < -0.39 is 0 Å². The zero-order valence-corrected chi connectivity index (χ0v) is 15.8. The number of aromatic nitrogens is 3. The van der Waals surface area contributed by atoms with E-state index in [0.29, 0.717) is 16.7 Å². The molecule has 1 unspecified atom stereocenters. The molecule has 0 aliphatic carbocycles. The zero-order valence-electron chi connectivity index (χ0n) is 15.8. The summed E-state index contributed by atoms with van der Waals surface area (Å²) >= 11 is 0. The molecule has 4 nitrogen and oxygen atoms in total. The van der Waals surface area contributed by atoms with Crippen molar-refractivity contribution in [2.24, 2.45) is 0 Å². The molecule has 4 heteroatoms. The molecule has 0 amide bonds. The summed E-state index contributed by atoms with van der Waals surface area (Å²) in [5.74, 6) is 0.639. The number of pyridine rings is 1. The van der Waals surface area contributed by atoms with Gasteiger partial charge in [-0.15, -0.1) is 0 Å². The average Bonchev–Trinajstić information content (AvgIpc) is 3.06. The highest BCUT2D eigenvalue weighted by Gasteiger charge is 2.34. The molecule has 29 heavy (non-hydrogen) atoms. The van der Waals surface area contributed by atoms with Crippen molar-refractivity contribution in [2.75, 3.05) is 0 Å². The lowest BCUT2D eigenvalue weighted by atomic mass is 9.97. The van der Waals surface area contributed by atoms with Gasteiger partial charge in [0.15, 0.2) is 5.82 Å². The topological polar surface area (TPSA) is 47.8 Å². The van der Waals surface area contributed by atoms with Crippen molar-refractivity contribution in [1.82, 2.24) is 14.5 Å². The van der Waals surface area contributed by atoms with Crippen molar-refractivity contribution in [2.45, 2.75) is 13.0 Å². The molecule has 2 aromatic heterocycles. The molecular formula is C25H17N3O. The van der Waals surface area contributed by atoms with Crippen molar-refractivity contribution < 1.29 is 0 Å². The molecule has 1 aliphatic heterocycles.